The highest BCUT2D eigenvalue weighted by molar-refractivity contribution is 7.99. The molecule has 0 bridgehead atoms. The third kappa shape index (κ3) is 0.876. The van der Waals surface area contributed by atoms with E-state index in [0.29, 0.717) is 0 Å². The maximum atomic E-state index is 5.34. The van der Waals surface area contributed by atoms with Crippen LogP contribution in [0.25, 0.3) is 0 Å². The summed E-state index contributed by atoms with van der Waals surface area (Å²) in [6.45, 7) is 0.953. The van der Waals surface area contributed by atoms with Crippen LogP contribution in [0.1, 0.15) is 0 Å². The average molecular weight is 145 g/mol. The van der Waals surface area contributed by atoms with E-state index in [0.717, 1.165) is 18.6 Å². The van der Waals surface area contributed by atoms with Crippen LogP contribution in [0.4, 0.5) is 0 Å². The molecule has 0 unspecified atom stereocenters. The number of hydroxylamine groups is 2. The van der Waals surface area contributed by atoms with E-state index in [9.17, 15) is 0 Å². The topological polar surface area (TPSA) is 12.5 Å². The molecule has 0 aromatic carbocycles. The van der Waals surface area contributed by atoms with E-state index in [2.05, 4.69) is 0 Å². The quantitative estimate of drug-likeness (QED) is 0.495. The minimum absolute atomic E-state index is 0.718. The molecular weight excluding hydrogens is 134 g/mol. The van der Waals surface area contributed by atoms with Gasteiger partial charge in [-0.1, -0.05) is 0 Å². The number of fused-ring (bicyclic) bond motifs is 1. The lowest BCUT2D eigenvalue weighted by molar-refractivity contribution is -0.105. The van der Waals surface area contributed by atoms with Crippen LogP contribution < -0.4 is 0 Å². The van der Waals surface area contributed by atoms with Gasteiger partial charge in [0.15, 0.2) is 0 Å². The Bertz CT molecular complexity index is 120. The molecule has 2 aliphatic rings. The average Bonchev–Trinajstić information content (AvgIpc) is 2.35. The van der Waals surface area contributed by atoms with Gasteiger partial charge in [-0.3, -0.25) is 4.84 Å². The Morgan fingerprint density at radius 2 is 2.44 bits per heavy atom. The van der Waals surface area contributed by atoms with Crippen LogP contribution in [0.15, 0.2) is 0 Å². The van der Waals surface area contributed by atoms with Gasteiger partial charge in [-0.25, -0.2) is 0 Å². The predicted molar refractivity (Wildman–Crippen MR) is 38.3 cm³/mol. The SMILES string of the molecule is CN1OC[C@H]2CSC[C@H]21. The van der Waals surface area contributed by atoms with E-state index in [-0.39, 0.29) is 0 Å². The van der Waals surface area contributed by atoms with Gasteiger partial charge in [0.05, 0.1) is 6.61 Å². The van der Waals surface area contributed by atoms with Crippen LogP contribution in [0.2, 0.25) is 0 Å². The first-order valence-corrected chi connectivity index (χ1v) is 4.47. The minimum atomic E-state index is 0.718. The van der Waals surface area contributed by atoms with Crippen LogP contribution in [0, 0.1) is 5.92 Å². The third-order valence-corrected chi connectivity index (χ3v) is 3.37. The second kappa shape index (κ2) is 2.15. The number of thioether (sulfide) groups is 1. The summed E-state index contributed by atoms with van der Waals surface area (Å²) in [6.07, 6.45) is 0. The molecule has 52 valence electrons. The van der Waals surface area contributed by atoms with Crippen molar-refractivity contribution in [2.45, 2.75) is 6.04 Å². The summed E-state index contributed by atoms with van der Waals surface area (Å²) < 4.78 is 0. The molecule has 0 aliphatic carbocycles. The van der Waals surface area contributed by atoms with Gasteiger partial charge >= 0.3 is 0 Å². The van der Waals surface area contributed by atoms with Crippen LogP contribution in [0.3, 0.4) is 0 Å². The molecule has 0 aromatic rings. The first kappa shape index (κ1) is 6.01. The van der Waals surface area contributed by atoms with Crippen LogP contribution >= 0.6 is 11.8 Å². The van der Waals surface area contributed by atoms with Crippen molar-refractivity contribution >= 4 is 11.8 Å². The molecular formula is C6H11NOS. The van der Waals surface area contributed by atoms with Gasteiger partial charge in [-0.05, 0) is 0 Å². The minimum Gasteiger partial charge on any atom is -0.299 e. The van der Waals surface area contributed by atoms with Crippen molar-refractivity contribution in [1.82, 2.24) is 5.06 Å². The van der Waals surface area contributed by atoms with E-state index in [1.807, 2.05) is 23.9 Å². The van der Waals surface area contributed by atoms with Crippen molar-refractivity contribution in [3.63, 3.8) is 0 Å². The molecule has 2 atom stereocenters. The van der Waals surface area contributed by atoms with Crippen molar-refractivity contribution in [2.75, 3.05) is 25.2 Å². The van der Waals surface area contributed by atoms with E-state index >= 15 is 0 Å². The van der Waals surface area contributed by atoms with Gasteiger partial charge in [-0.15, -0.1) is 0 Å². The van der Waals surface area contributed by atoms with E-state index in [4.69, 9.17) is 4.84 Å². The summed E-state index contributed by atoms with van der Waals surface area (Å²) in [5.74, 6) is 3.39. The molecule has 2 heterocycles. The smallest absolute Gasteiger partial charge is 0.0737 e. The van der Waals surface area contributed by atoms with Gasteiger partial charge in [0, 0.05) is 30.5 Å². The van der Waals surface area contributed by atoms with Crippen molar-refractivity contribution in [1.29, 1.82) is 0 Å². The van der Waals surface area contributed by atoms with Crippen molar-refractivity contribution in [2.24, 2.45) is 5.92 Å². The molecule has 3 heteroatoms. The zero-order valence-corrected chi connectivity index (χ0v) is 6.36. The summed E-state index contributed by atoms with van der Waals surface area (Å²) in [5.41, 5.74) is 0. The lowest BCUT2D eigenvalue weighted by atomic mass is 10.1. The van der Waals surface area contributed by atoms with Gasteiger partial charge < -0.3 is 0 Å². The molecule has 0 amide bonds. The number of rotatable bonds is 0. The van der Waals surface area contributed by atoms with E-state index in [1.165, 1.54) is 11.5 Å². The second-order valence-corrected chi connectivity index (χ2v) is 3.78. The Morgan fingerprint density at radius 3 is 3.22 bits per heavy atom. The monoisotopic (exact) mass is 145 g/mol. The number of nitrogens with zero attached hydrogens (tertiary/aromatic N) is 1. The van der Waals surface area contributed by atoms with Crippen molar-refractivity contribution in [3.8, 4) is 0 Å². The first-order valence-electron chi connectivity index (χ1n) is 3.31. The maximum absolute atomic E-state index is 5.34. The Hall–Kier alpha value is 0.270. The van der Waals surface area contributed by atoms with Crippen LogP contribution in [-0.4, -0.2) is 36.3 Å². The van der Waals surface area contributed by atoms with Gasteiger partial charge in [0.1, 0.15) is 0 Å². The first-order chi connectivity index (χ1) is 4.38. The number of hydrogen-bond donors (Lipinski definition) is 0. The molecule has 0 radical (unpaired) electrons. The molecule has 2 nitrogen and oxygen atoms in total. The van der Waals surface area contributed by atoms with Gasteiger partial charge in [0.2, 0.25) is 0 Å². The van der Waals surface area contributed by atoms with E-state index < -0.39 is 0 Å². The zero-order valence-electron chi connectivity index (χ0n) is 5.54. The molecule has 0 N–H and O–H groups in total. The lowest BCUT2D eigenvalue weighted by Gasteiger charge is -2.13. The van der Waals surface area contributed by atoms with Gasteiger partial charge in [0.25, 0.3) is 0 Å². The molecule has 2 rings (SSSR count). The van der Waals surface area contributed by atoms with Crippen molar-refractivity contribution < 1.29 is 4.84 Å². The molecule has 0 aromatic heterocycles. The summed E-state index contributed by atoms with van der Waals surface area (Å²) in [4.78, 5) is 5.34. The molecule has 0 saturated carbocycles. The Balaban J connectivity index is 2.07. The fraction of sp³-hybridized carbons (Fsp3) is 1.00. The molecule has 2 fully saturated rings. The summed E-state index contributed by atoms with van der Waals surface area (Å²) >= 11 is 2.05. The van der Waals surface area contributed by atoms with Crippen LogP contribution in [0.5, 0.6) is 0 Å². The standard InChI is InChI=1S/C6H11NOS/c1-7-6-4-9-3-5(6)2-8-7/h5-6H,2-4H2,1H3/t5-,6+/m0/s1. The summed E-state index contributed by atoms with van der Waals surface area (Å²) in [6, 6.07) is 0.718. The molecule has 2 aliphatic heterocycles. The Labute approximate surface area is 59.5 Å². The largest absolute Gasteiger partial charge is 0.299 e. The fourth-order valence-electron chi connectivity index (χ4n) is 1.46. The number of hydrogen-bond acceptors (Lipinski definition) is 3. The second-order valence-electron chi connectivity index (χ2n) is 2.71. The highest BCUT2D eigenvalue weighted by Crippen LogP contribution is 2.32. The fourth-order valence-corrected chi connectivity index (χ4v) is 2.94. The highest BCUT2D eigenvalue weighted by Gasteiger charge is 2.37. The Kier molecular flexibility index (Phi) is 1.43. The van der Waals surface area contributed by atoms with Gasteiger partial charge in [-0.2, -0.15) is 16.8 Å². The highest BCUT2D eigenvalue weighted by atomic mass is 32.2. The molecule has 2 saturated heterocycles. The molecule has 9 heavy (non-hydrogen) atoms. The van der Waals surface area contributed by atoms with E-state index in [1.54, 1.807) is 0 Å². The maximum Gasteiger partial charge on any atom is 0.0737 e. The van der Waals surface area contributed by atoms with Crippen molar-refractivity contribution in [3.05, 3.63) is 0 Å². The molecule has 0 spiro atoms. The summed E-state index contributed by atoms with van der Waals surface area (Å²) in [5, 5.41) is 2.02. The van der Waals surface area contributed by atoms with Crippen LogP contribution in [-0.2, 0) is 4.84 Å². The third-order valence-electron chi connectivity index (χ3n) is 2.12. The Morgan fingerprint density at radius 1 is 1.56 bits per heavy atom. The normalized spacial score (nSPS) is 43.7. The zero-order chi connectivity index (χ0) is 6.27. The predicted octanol–water partition coefficient (Wildman–Crippen LogP) is 0.595. The lowest BCUT2D eigenvalue weighted by Crippen LogP contribution is -2.27. The summed E-state index contributed by atoms with van der Waals surface area (Å²) in [7, 11) is 2.04.